The number of aliphatic hydroxyl groups is 1. The predicted octanol–water partition coefficient (Wildman–Crippen LogP) is 3.57. The van der Waals surface area contributed by atoms with Crippen LogP contribution in [0.1, 0.15) is 38.5 Å². The molecule has 0 aromatic carbocycles. The van der Waals surface area contributed by atoms with Gasteiger partial charge in [0.1, 0.15) is 0 Å². The van der Waals surface area contributed by atoms with Crippen LogP contribution in [-0.4, -0.2) is 31.8 Å². The molecule has 2 aliphatic rings. The van der Waals surface area contributed by atoms with Crippen molar-refractivity contribution in [1.29, 1.82) is 5.26 Å². The highest BCUT2D eigenvalue weighted by atomic mass is 79.9. The molecule has 122 valence electrons. The fourth-order valence-corrected chi connectivity index (χ4v) is 5.62. The van der Waals surface area contributed by atoms with Crippen LogP contribution < -0.4 is 0 Å². The SMILES string of the molecule is N#CC(=CC1CC(Br)CC(Br)C1O)C1CCC([N+](=O)[O-])CC1. The number of nitro groups is 1. The van der Waals surface area contributed by atoms with Gasteiger partial charge in [0, 0.05) is 38.9 Å². The lowest BCUT2D eigenvalue weighted by molar-refractivity contribution is -0.526. The summed E-state index contributed by atoms with van der Waals surface area (Å²) in [7, 11) is 0. The second kappa shape index (κ2) is 7.89. The van der Waals surface area contributed by atoms with E-state index >= 15 is 0 Å². The van der Waals surface area contributed by atoms with Crippen LogP contribution in [0.5, 0.6) is 0 Å². The zero-order chi connectivity index (χ0) is 16.3. The number of hydrogen-bond donors (Lipinski definition) is 1. The lowest BCUT2D eigenvalue weighted by Crippen LogP contribution is -2.37. The van der Waals surface area contributed by atoms with Crippen molar-refractivity contribution >= 4 is 31.9 Å². The van der Waals surface area contributed by atoms with Crippen LogP contribution in [0.4, 0.5) is 0 Å². The van der Waals surface area contributed by atoms with E-state index in [9.17, 15) is 20.5 Å². The summed E-state index contributed by atoms with van der Waals surface area (Å²) in [5.41, 5.74) is 0.687. The number of rotatable bonds is 3. The van der Waals surface area contributed by atoms with Gasteiger partial charge in [-0.25, -0.2) is 0 Å². The molecular formula is C15H20Br2N2O3. The summed E-state index contributed by atoms with van der Waals surface area (Å²) in [6, 6.07) is 1.80. The average molecular weight is 436 g/mol. The fourth-order valence-electron chi connectivity index (χ4n) is 3.44. The van der Waals surface area contributed by atoms with E-state index in [2.05, 4.69) is 37.9 Å². The van der Waals surface area contributed by atoms with Crippen LogP contribution in [0.15, 0.2) is 11.6 Å². The summed E-state index contributed by atoms with van der Waals surface area (Å²) < 4.78 is 0. The number of hydrogen-bond acceptors (Lipinski definition) is 4. The van der Waals surface area contributed by atoms with Crippen molar-refractivity contribution in [2.24, 2.45) is 11.8 Å². The molecule has 0 aliphatic heterocycles. The first kappa shape index (κ1) is 17.9. The summed E-state index contributed by atoms with van der Waals surface area (Å²) in [5.74, 6) is 0.0447. The van der Waals surface area contributed by atoms with Gasteiger partial charge in [0.25, 0.3) is 0 Å². The van der Waals surface area contributed by atoms with Crippen LogP contribution >= 0.6 is 31.9 Å². The van der Waals surface area contributed by atoms with E-state index in [4.69, 9.17) is 0 Å². The van der Waals surface area contributed by atoms with Crippen molar-refractivity contribution < 1.29 is 10.0 Å². The third kappa shape index (κ3) is 4.30. The molecule has 0 aromatic rings. The zero-order valence-electron chi connectivity index (χ0n) is 12.2. The number of nitrogens with zero attached hydrogens (tertiary/aromatic N) is 2. The Morgan fingerprint density at radius 3 is 2.45 bits per heavy atom. The number of aliphatic hydroxyl groups excluding tert-OH is 1. The lowest BCUT2D eigenvalue weighted by atomic mass is 9.78. The van der Waals surface area contributed by atoms with Gasteiger partial charge in [0.05, 0.1) is 12.2 Å². The normalized spacial score (nSPS) is 40.0. The maximum absolute atomic E-state index is 10.8. The van der Waals surface area contributed by atoms with E-state index in [1.165, 1.54) is 0 Å². The van der Waals surface area contributed by atoms with Crippen molar-refractivity contribution in [2.45, 2.75) is 60.3 Å². The van der Waals surface area contributed by atoms with Gasteiger partial charge in [-0.05, 0) is 31.6 Å². The Labute approximate surface area is 147 Å². The van der Waals surface area contributed by atoms with Crippen LogP contribution in [0.3, 0.4) is 0 Å². The first-order chi connectivity index (χ1) is 10.4. The van der Waals surface area contributed by atoms with E-state index in [1.807, 2.05) is 6.08 Å². The van der Waals surface area contributed by atoms with Crippen LogP contribution in [0, 0.1) is 33.3 Å². The van der Waals surface area contributed by atoms with Gasteiger partial charge in [0.2, 0.25) is 6.04 Å². The first-order valence-corrected chi connectivity index (χ1v) is 9.47. The van der Waals surface area contributed by atoms with Gasteiger partial charge in [-0.2, -0.15) is 5.26 Å². The third-order valence-electron chi connectivity index (χ3n) is 4.78. The highest BCUT2D eigenvalue weighted by Gasteiger charge is 2.35. The van der Waals surface area contributed by atoms with Gasteiger partial charge in [0.15, 0.2) is 0 Å². The smallest absolute Gasteiger partial charge is 0.213 e. The van der Waals surface area contributed by atoms with Crippen molar-refractivity contribution in [3.05, 3.63) is 21.8 Å². The first-order valence-electron chi connectivity index (χ1n) is 7.63. The van der Waals surface area contributed by atoms with E-state index in [0.717, 1.165) is 12.8 Å². The van der Waals surface area contributed by atoms with Crippen LogP contribution in [0.2, 0.25) is 0 Å². The van der Waals surface area contributed by atoms with Crippen molar-refractivity contribution in [3.8, 4) is 6.07 Å². The van der Waals surface area contributed by atoms with E-state index in [1.54, 1.807) is 0 Å². The molecule has 2 rings (SSSR count). The summed E-state index contributed by atoms with van der Waals surface area (Å²) in [5, 5.41) is 30.6. The summed E-state index contributed by atoms with van der Waals surface area (Å²) in [6.45, 7) is 0. The molecule has 1 N–H and O–H groups in total. The summed E-state index contributed by atoms with van der Waals surface area (Å²) in [4.78, 5) is 11.0. The molecule has 0 heterocycles. The van der Waals surface area contributed by atoms with Crippen molar-refractivity contribution in [1.82, 2.24) is 0 Å². The van der Waals surface area contributed by atoms with Crippen molar-refractivity contribution in [3.63, 3.8) is 0 Å². The molecule has 0 spiro atoms. The maximum Gasteiger partial charge on any atom is 0.213 e. The minimum absolute atomic E-state index is 0.0250. The molecule has 4 atom stereocenters. The van der Waals surface area contributed by atoms with Gasteiger partial charge in [-0.15, -0.1) is 0 Å². The molecule has 0 aromatic heterocycles. The number of nitriles is 1. The van der Waals surface area contributed by atoms with Gasteiger partial charge in [-0.3, -0.25) is 10.1 Å². The Kier molecular flexibility index (Phi) is 6.42. The topological polar surface area (TPSA) is 87.2 Å². The average Bonchev–Trinajstić information content (AvgIpc) is 2.49. The molecule has 0 bridgehead atoms. The number of allylic oxidation sites excluding steroid dienone is 1. The van der Waals surface area contributed by atoms with Crippen LogP contribution in [0.25, 0.3) is 0 Å². The molecule has 2 aliphatic carbocycles. The van der Waals surface area contributed by atoms with Gasteiger partial charge < -0.3 is 5.11 Å². The summed E-state index contributed by atoms with van der Waals surface area (Å²) in [6.07, 6.45) is 5.51. The molecular weight excluding hydrogens is 416 g/mol. The number of alkyl halides is 2. The standard InChI is InChI=1S/C15H20Br2N2O3/c16-12-6-10(15(20)14(17)7-12)5-11(8-18)9-1-3-13(4-2-9)19(21)22/h5,9-10,12-15,20H,1-4,6-7H2. The Morgan fingerprint density at radius 1 is 1.27 bits per heavy atom. The Balaban J connectivity index is 2.05. The molecule has 2 fully saturated rings. The maximum atomic E-state index is 10.8. The summed E-state index contributed by atoms with van der Waals surface area (Å²) >= 11 is 7.10. The highest BCUT2D eigenvalue weighted by Crippen LogP contribution is 2.37. The zero-order valence-corrected chi connectivity index (χ0v) is 15.4. The molecule has 4 unspecified atom stereocenters. The molecule has 22 heavy (non-hydrogen) atoms. The minimum atomic E-state index is -0.493. The fraction of sp³-hybridized carbons (Fsp3) is 0.800. The quantitative estimate of drug-likeness (QED) is 0.317. The Morgan fingerprint density at radius 2 is 1.91 bits per heavy atom. The molecule has 5 nitrogen and oxygen atoms in total. The molecule has 0 saturated heterocycles. The van der Waals surface area contributed by atoms with E-state index < -0.39 is 12.1 Å². The molecule has 0 radical (unpaired) electrons. The monoisotopic (exact) mass is 434 g/mol. The lowest BCUT2D eigenvalue weighted by Gasteiger charge is -2.34. The van der Waals surface area contributed by atoms with E-state index in [-0.39, 0.29) is 21.6 Å². The number of halogens is 2. The van der Waals surface area contributed by atoms with Crippen LogP contribution in [-0.2, 0) is 0 Å². The molecule has 2 saturated carbocycles. The Bertz CT molecular complexity index is 484. The van der Waals surface area contributed by atoms with Gasteiger partial charge in [-0.1, -0.05) is 37.9 Å². The molecule has 7 heteroatoms. The second-order valence-electron chi connectivity index (χ2n) is 6.26. The molecule has 0 amide bonds. The minimum Gasteiger partial charge on any atom is -0.391 e. The predicted molar refractivity (Wildman–Crippen MR) is 90.6 cm³/mol. The second-order valence-corrected chi connectivity index (χ2v) is 8.73. The third-order valence-corrected chi connectivity index (χ3v) is 6.44. The van der Waals surface area contributed by atoms with Crippen molar-refractivity contribution in [2.75, 3.05) is 0 Å². The highest BCUT2D eigenvalue weighted by molar-refractivity contribution is 9.10. The largest absolute Gasteiger partial charge is 0.391 e. The van der Waals surface area contributed by atoms with Gasteiger partial charge >= 0.3 is 0 Å². The Hall–Kier alpha value is -0.450. The van der Waals surface area contributed by atoms with E-state index in [0.29, 0.717) is 36.1 Å².